The predicted octanol–water partition coefficient (Wildman–Crippen LogP) is 0.831. The Hall–Kier alpha value is -1.50. The molecule has 0 radical (unpaired) electrons. The molecule has 0 spiro atoms. The summed E-state index contributed by atoms with van der Waals surface area (Å²) in [5, 5.41) is 15.5. The standard InChI is InChI=1S/C10H13N3O3S/c1-6-7(17-13-12-6)8(14)11-5-10(9(15)16)3-2-4-10/h2-5H2,1H3,(H,11,14)(H,15,16). The molecule has 1 amide bonds. The number of aryl methyl sites for hydroxylation is 1. The van der Waals surface area contributed by atoms with Gasteiger partial charge in [-0.1, -0.05) is 10.9 Å². The average Bonchev–Trinajstić information content (AvgIpc) is 2.62. The summed E-state index contributed by atoms with van der Waals surface area (Å²) in [6.07, 6.45) is 2.16. The van der Waals surface area contributed by atoms with E-state index in [1.165, 1.54) is 0 Å². The van der Waals surface area contributed by atoms with Gasteiger partial charge in [-0.25, -0.2) is 0 Å². The second-order valence-electron chi connectivity index (χ2n) is 4.31. The molecule has 1 aliphatic rings. The second-order valence-corrected chi connectivity index (χ2v) is 5.06. The highest BCUT2D eigenvalue weighted by Gasteiger charge is 2.44. The Balaban J connectivity index is 1.97. The number of carboxylic acid groups (broad SMARTS) is 1. The van der Waals surface area contributed by atoms with Crippen molar-refractivity contribution >= 4 is 23.4 Å². The van der Waals surface area contributed by atoms with E-state index in [1.807, 2.05) is 0 Å². The van der Waals surface area contributed by atoms with Gasteiger partial charge in [0.1, 0.15) is 4.88 Å². The van der Waals surface area contributed by atoms with Gasteiger partial charge in [0, 0.05) is 6.54 Å². The molecule has 0 bridgehead atoms. The largest absolute Gasteiger partial charge is 0.481 e. The fraction of sp³-hybridized carbons (Fsp3) is 0.600. The van der Waals surface area contributed by atoms with Gasteiger partial charge >= 0.3 is 5.97 Å². The van der Waals surface area contributed by atoms with E-state index >= 15 is 0 Å². The summed E-state index contributed by atoms with van der Waals surface area (Å²) >= 11 is 1.02. The van der Waals surface area contributed by atoms with Crippen LogP contribution in [0.15, 0.2) is 0 Å². The van der Waals surface area contributed by atoms with Crippen LogP contribution in [0.2, 0.25) is 0 Å². The minimum atomic E-state index is -0.830. The van der Waals surface area contributed by atoms with Crippen LogP contribution in [0.25, 0.3) is 0 Å². The fourth-order valence-electron chi connectivity index (χ4n) is 1.84. The first-order valence-corrected chi connectivity index (χ1v) is 6.13. The van der Waals surface area contributed by atoms with Crippen molar-refractivity contribution in [2.75, 3.05) is 6.54 Å². The zero-order chi connectivity index (χ0) is 12.5. The lowest BCUT2D eigenvalue weighted by atomic mass is 9.69. The van der Waals surface area contributed by atoms with Crippen molar-refractivity contribution in [1.82, 2.24) is 14.9 Å². The monoisotopic (exact) mass is 255 g/mol. The first-order valence-electron chi connectivity index (χ1n) is 5.36. The highest BCUT2D eigenvalue weighted by Crippen LogP contribution is 2.40. The molecule has 1 aromatic rings. The molecule has 2 N–H and O–H groups in total. The SMILES string of the molecule is Cc1nnsc1C(=O)NCC1(C(=O)O)CCC1. The van der Waals surface area contributed by atoms with Crippen LogP contribution in [0.3, 0.4) is 0 Å². The number of carbonyl (C=O) groups excluding carboxylic acids is 1. The Morgan fingerprint density at radius 1 is 1.53 bits per heavy atom. The molecule has 1 heterocycles. The first-order chi connectivity index (χ1) is 8.05. The van der Waals surface area contributed by atoms with Crippen LogP contribution in [-0.2, 0) is 4.79 Å². The molecule has 0 aromatic carbocycles. The smallest absolute Gasteiger partial charge is 0.311 e. The summed E-state index contributed by atoms with van der Waals surface area (Å²) in [5.74, 6) is -1.12. The van der Waals surface area contributed by atoms with Gasteiger partial charge in [-0.05, 0) is 31.3 Å². The highest BCUT2D eigenvalue weighted by molar-refractivity contribution is 7.07. The molecule has 0 atom stereocenters. The topological polar surface area (TPSA) is 92.2 Å². The number of rotatable bonds is 4. The van der Waals surface area contributed by atoms with E-state index in [9.17, 15) is 9.59 Å². The number of nitrogens with zero attached hydrogens (tertiary/aromatic N) is 2. The third kappa shape index (κ3) is 2.14. The highest BCUT2D eigenvalue weighted by atomic mass is 32.1. The Morgan fingerprint density at radius 3 is 2.65 bits per heavy atom. The van der Waals surface area contributed by atoms with Gasteiger partial charge in [0.25, 0.3) is 5.91 Å². The van der Waals surface area contributed by atoms with Gasteiger partial charge in [0.2, 0.25) is 0 Å². The molecule has 1 aromatic heterocycles. The van der Waals surface area contributed by atoms with Gasteiger partial charge in [0.05, 0.1) is 11.1 Å². The van der Waals surface area contributed by atoms with Gasteiger partial charge in [-0.15, -0.1) is 5.10 Å². The van der Waals surface area contributed by atoms with E-state index in [0.717, 1.165) is 18.0 Å². The zero-order valence-corrected chi connectivity index (χ0v) is 10.2. The lowest BCUT2D eigenvalue weighted by Crippen LogP contribution is -2.47. The lowest BCUT2D eigenvalue weighted by Gasteiger charge is -2.37. The van der Waals surface area contributed by atoms with E-state index in [-0.39, 0.29) is 12.5 Å². The number of hydrogen-bond acceptors (Lipinski definition) is 5. The number of carboxylic acids is 1. The third-order valence-electron chi connectivity index (χ3n) is 3.21. The molecule has 6 nitrogen and oxygen atoms in total. The van der Waals surface area contributed by atoms with Crippen molar-refractivity contribution < 1.29 is 14.7 Å². The Labute approximate surface area is 102 Å². The summed E-state index contributed by atoms with van der Waals surface area (Å²) in [7, 11) is 0. The van der Waals surface area contributed by atoms with Crippen LogP contribution in [0.5, 0.6) is 0 Å². The number of carbonyl (C=O) groups is 2. The lowest BCUT2D eigenvalue weighted by molar-refractivity contribution is -0.153. The van der Waals surface area contributed by atoms with Crippen LogP contribution in [-0.4, -0.2) is 33.1 Å². The normalized spacial score (nSPS) is 17.2. The van der Waals surface area contributed by atoms with Crippen LogP contribution in [0, 0.1) is 12.3 Å². The van der Waals surface area contributed by atoms with Gasteiger partial charge in [-0.3, -0.25) is 9.59 Å². The number of aromatic nitrogens is 2. The maximum atomic E-state index is 11.8. The van der Waals surface area contributed by atoms with Crippen molar-refractivity contribution in [3.8, 4) is 0 Å². The summed E-state index contributed by atoms with van der Waals surface area (Å²) in [5.41, 5.74) is -0.188. The van der Waals surface area contributed by atoms with Crippen molar-refractivity contribution in [1.29, 1.82) is 0 Å². The van der Waals surface area contributed by atoms with Gasteiger partial charge < -0.3 is 10.4 Å². The van der Waals surface area contributed by atoms with Crippen LogP contribution in [0.4, 0.5) is 0 Å². The molecular weight excluding hydrogens is 242 g/mol. The van der Waals surface area contributed by atoms with Crippen molar-refractivity contribution in [2.45, 2.75) is 26.2 Å². The van der Waals surface area contributed by atoms with Crippen molar-refractivity contribution in [2.24, 2.45) is 5.41 Å². The molecule has 92 valence electrons. The molecule has 2 rings (SSSR count). The quantitative estimate of drug-likeness (QED) is 0.831. The number of amides is 1. The summed E-state index contributed by atoms with van der Waals surface area (Å²) in [6.45, 7) is 1.88. The maximum Gasteiger partial charge on any atom is 0.311 e. The minimum absolute atomic E-state index is 0.179. The summed E-state index contributed by atoms with van der Waals surface area (Å²) in [4.78, 5) is 23.3. The third-order valence-corrected chi connectivity index (χ3v) is 4.04. The van der Waals surface area contributed by atoms with E-state index in [4.69, 9.17) is 5.11 Å². The van der Waals surface area contributed by atoms with Crippen LogP contribution >= 0.6 is 11.5 Å². The summed E-state index contributed by atoms with van der Waals surface area (Å²) in [6, 6.07) is 0. The van der Waals surface area contributed by atoms with Crippen molar-refractivity contribution in [3.05, 3.63) is 10.6 Å². The Bertz CT molecular complexity index is 453. The van der Waals surface area contributed by atoms with E-state index < -0.39 is 11.4 Å². The van der Waals surface area contributed by atoms with E-state index in [0.29, 0.717) is 23.4 Å². The van der Waals surface area contributed by atoms with Crippen LogP contribution < -0.4 is 5.32 Å². The second kappa shape index (κ2) is 4.40. The Morgan fingerprint density at radius 2 is 2.24 bits per heavy atom. The molecule has 7 heteroatoms. The number of nitrogens with one attached hydrogen (secondary N) is 1. The molecule has 0 aliphatic heterocycles. The molecule has 0 saturated heterocycles. The maximum absolute atomic E-state index is 11.8. The molecule has 0 unspecified atom stereocenters. The fourth-order valence-corrected chi connectivity index (χ4v) is 2.41. The Kier molecular flexibility index (Phi) is 3.10. The van der Waals surface area contributed by atoms with E-state index in [1.54, 1.807) is 6.92 Å². The minimum Gasteiger partial charge on any atom is -0.481 e. The zero-order valence-electron chi connectivity index (χ0n) is 9.39. The van der Waals surface area contributed by atoms with Gasteiger partial charge in [-0.2, -0.15) is 0 Å². The molecule has 1 fully saturated rings. The molecule has 17 heavy (non-hydrogen) atoms. The molecule has 1 saturated carbocycles. The van der Waals surface area contributed by atoms with Crippen LogP contribution in [0.1, 0.15) is 34.6 Å². The van der Waals surface area contributed by atoms with E-state index in [2.05, 4.69) is 14.9 Å². The molecule has 1 aliphatic carbocycles. The summed E-state index contributed by atoms with van der Waals surface area (Å²) < 4.78 is 3.67. The number of aliphatic carboxylic acids is 1. The van der Waals surface area contributed by atoms with Crippen molar-refractivity contribution in [3.63, 3.8) is 0 Å². The number of hydrogen-bond donors (Lipinski definition) is 2. The predicted molar refractivity (Wildman–Crippen MR) is 60.9 cm³/mol. The average molecular weight is 255 g/mol. The van der Waals surface area contributed by atoms with Gasteiger partial charge in [0.15, 0.2) is 0 Å². The molecular formula is C10H13N3O3S. The first kappa shape index (κ1) is 12.0.